The first-order valence-electron chi connectivity index (χ1n) is 6.61. The van der Waals surface area contributed by atoms with Gasteiger partial charge in [0, 0.05) is 31.5 Å². The number of sulfonamides is 1. The molecule has 1 rings (SSSR count). The van der Waals surface area contributed by atoms with Gasteiger partial charge in [-0.15, -0.1) is 0 Å². The number of carbonyl (C=O) groups is 1. The number of primary sulfonamides is 1. The quantitative estimate of drug-likeness (QED) is 0.730. The molecule has 7 nitrogen and oxygen atoms in total. The third-order valence-electron chi connectivity index (χ3n) is 3.17. The number of rotatable bonds is 6. The van der Waals surface area contributed by atoms with Crippen LogP contribution < -0.4 is 15.8 Å². The average Bonchev–Trinajstić information content (AvgIpc) is 2.38. The number of hydrogen-bond donors (Lipinski definition) is 2. The van der Waals surface area contributed by atoms with Crippen molar-refractivity contribution in [2.24, 2.45) is 5.14 Å². The Hall–Kier alpha value is -1.80. The molecule has 0 saturated carbocycles. The molecular weight excluding hydrogens is 292 g/mol. The van der Waals surface area contributed by atoms with Crippen LogP contribution in [0.2, 0.25) is 0 Å². The summed E-state index contributed by atoms with van der Waals surface area (Å²) in [6, 6.07) is 4.30. The van der Waals surface area contributed by atoms with Crippen LogP contribution in [0, 0.1) is 0 Å². The lowest BCUT2D eigenvalue weighted by Crippen LogP contribution is -2.38. The van der Waals surface area contributed by atoms with E-state index in [9.17, 15) is 13.2 Å². The summed E-state index contributed by atoms with van der Waals surface area (Å²) in [6.45, 7) is 5.20. The summed E-state index contributed by atoms with van der Waals surface area (Å²) in [5, 5.41) is 5.11. The van der Waals surface area contributed by atoms with Gasteiger partial charge in [0.25, 0.3) is 0 Å². The molecule has 0 unspecified atom stereocenters. The van der Waals surface area contributed by atoms with E-state index in [1.165, 1.54) is 12.1 Å². The summed E-state index contributed by atoms with van der Waals surface area (Å²) in [5.74, 6) is -0.0397. The number of hydrogen-bond acceptors (Lipinski definition) is 5. The van der Waals surface area contributed by atoms with E-state index < -0.39 is 10.0 Å². The van der Waals surface area contributed by atoms with E-state index in [0.29, 0.717) is 18.8 Å². The molecule has 1 aromatic rings. The fraction of sp³-hybridized carbons (Fsp3) is 0.462. The molecule has 0 aliphatic heterocycles. The monoisotopic (exact) mass is 314 g/mol. The molecule has 21 heavy (non-hydrogen) atoms. The molecule has 0 aliphatic carbocycles. The van der Waals surface area contributed by atoms with Crippen LogP contribution in [-0.4, -0.2) is 45.9 Å². The lowest BCUT2D eigenvalue weighted by Gasteiger charge is -2.24. The molecule has 0 saturated heterocycles. The number of nitrogen functional groups attached to an aromatic ring is 1. The van der Waals surface area contributed by atoms with Crippen LogP contribution in [0.1, 0.15) is 13.8 Å². The highest BCUT2D eigenvalue weighted by Gasteiger charge is 2.16. The van der Waals surface area contributed by atoms with Crippen molar-refractivity contribution in [3.63, 3.8) is 0 Å². The van der Waals surface area contributed by atoms with Gasteiger partial charge >= 0.3 is 0 Å². The summed E-state index contributed by atoms with van der Waals surface area (Å²) in [4.78, 5) is 15.3. The number of carbonyl (C=O) groups excluding carboxylic acids is 1. The zero-order valence-corrected chi connectivity index (χ0v) is 13.4. The zero-order valence-electron chi connectivity index (χ0n) is 12.5. The zero-order chi connectivity index (χ0) is 16.2. The van der Waals surface area contributed by atoms with Gasteiger partial charge in [-0.1, -0.05) is 0 Å². The highest BCUT2D eigenvalue weighted by atomic mass is 32.2. The number of amides is 1. The summed E-state index contributed by atoms with van der Waals surface area (Å²) in [6.07, 6.45) is 0. The minimum absolute atomic E-state index is 0.0397. The van der Waals surface area contributed by atoms with Crippen molar-refractivity contribution in [2.45, 2.75) is 18.7 Å². The molecule has 4 N–H and O–H groups in total. The molecular formula is C13H22N4O3S. The smallest absolute Gasteiger partial charge is 0.242 e. The molecule has 0 radical (unpaired) electrons. The van der Waals surface area contributed by atoms with E-state index in [4.69, 9.17) is 10.9 Å². The van der Waals surface area contributed by atoms with Crippen LogP contribution in [-0.2, 0) is 14.8 Å². The fourth-order valence-electron chi connectivity index (χ4n) is 1.96. The molecule has 0 aromatic heterocycles. The minimum atomic E-state index is -3.84. The number of nitrogens with two attached hydrogens (primary N) is 2. The van der Waals surface area contributed by atoms with E-state index >= 15 is 0 Å². The van der Waals surface area contributed by atoms with E-state index in [2.05, 4.69) is 0 Å². The van der Waals surface area contributed by atoms with Gasteiger partial charge in [0.2, 0.25) is 15.9 Å². The molecule has 0 aliphatic rings. The topological polar surface area (TPSA) is 110 Å². The van der Waals surface area contributed by atoms with Gasteiger partial charge in [-0.05, 0) is 32.0 Å². The van der Waals surface area contributed by atoms with Crippen molar-refractivity contribution < 1.29 is 13.2 Å². The van der Waals surface area contributed by atoms with Crippen LogP contribution in [0.25, 0.3) is 0 Å². The first-order valence-corrected chi connectivity index (χ1v) is 8.16. The predicted molar refractivity (Wildman–Crippen MR) is 83.4 cm³/mol. The van der Waals surface area contributed by atoms with Gasteiger partial charge in [-0.25, -0.2) is 13.6 Å². The Morgan fingerprint density at radius 2 is 1.76 bits per heavy atom. The molecule has 0 bridgehead atoms. The Bertz CT molecular complexity index is 612. The summed E-state index contributed by atoms with van der Waals surface area (Å²) in [7, 11) is -2.14. The summed E-state index contributed by atoms with van der Waals surface area (Å²) < 4.78 is 22.8. The Labute approximate surface area is 125 Å². The van der Waals surface area contributed by atoms with Gasteiger partial charge in [0.05, 0.1) is 11.4 Å². The second-order valence-electron chi connectivity index (χ2n) is 4.73. The number of likely N-dealkylation sites (N-methyl/N-ethyl adjacent to an activating group) is 2. The SMILES string of the molecule is CCN(CC)C(=O)CN(C)c1cc(N)cc(S(N)(=O)=O)c1. The first-order chi connectivity index (χ1) is 9.68. The van der Waals surface area contributed by atoms with Crippen LogP contribution >= 0.6 is 0 Å². The molecule has 0 heterocycles. The van der Waals surface area contributed by atoms with Gasteiger partial charge in [0.15, 0.2) is 0 Å². The van der Waals surface area contributed by atoms with E-state index in [-0.39, 0.29) is 23.0 Å². The van der Waals surface area contributed by atoms with Gasteiger partial charge in [-0.2, -0.15) is 0 Å². The second kappa shape index (κ2) is 6.77. The van der Waals surface area contributed by atoms with Crippen molar-refractivity contribution >= 4 is 27.3 Å². The standard InChI is InChI=1S/C13H22N4O3S/c1-4-17(5-2)13(18)9-16(3)11-6-10(14)7-12(8-11)21(15,19)20/h6-8H,4-5,9,14H2,1-3H3,(H2,15,19,20). The molecule has 0 spiro atoms. The molecule has 118 valence electrons. The highest BCUT2D eigenvalue weighted by Crippen LogP contribution is 2.22. The van der Waals surface area contributed by atoms with Crippen LogP contribution in [0.3, 0.4) is 0 Å². The minimum Gasteiger partial charge on any atom is -0.399 e. The molecule has 0 atom stereocenters. The van der Waals surface area contributed by atoms with Crippen LogP contribution in [0.5, 0.6) is 0 Å². The Kier molecular flexibility index (Phi) is 5.56. The maximum absolute atomic E-state index is 12.1. The van der Waals surface area contributed by atoms with E-state index in [1.54, 1.807) is 22.9 Å². The van der Waals surface area contributed by atoms with Crippen molar-refractivity contribution in [1.82, 2.24) is 4.90 Å². The molecule has 1 amide bonds. The van der Waals surface area contributed by atoms with Crippen molar-refractivity contribution in [2.75, 3.05) is 37.3 Å². The summed E-state index contributed by atoms with van der Waals surface area (Å²) in [5.41, 5.74) is 6.50. The third-order valence-corrected chi connectivity index (χ3v) is 4.06. The van der Waals surface area contributed by atoms with Crippen LogP contribution in [0.15, 0.2) is 23.1 Å². The van der Waals surface area contributed by atoms with Crippen molar-refractivity contribution in [3.05, 3.63) is 18.2 Å². The average molecular weight is 314 g/mol. The lowest BCUT2D eigenvalue weighted by molar-refractivity contribution is -0.129. The predicted octanol–water partition coefficient (Wildman–Crippen LogP) is 0.221. The maximum Gasteiger partial charge on any atom is 0.242 e. The summed E-state index contributed by atoms with van der Waals surface area (Å²) >= 11 is 0. The van der Waals surface area contributed by atoms with Crippen molar-refractivity contribution in [3.8, 4) is 0 Å². The first kappa shape index (κ1) is 17.3. The Morgan fingerprint density at radius 3 is 2.24 bits per heavy atom. The number of anilines is 2. The maximum atomic E-state index is 12.1. The molecule has 0 fully saturated rings. The lowest BCUT2D eigenvalue weighted by atomic mass is 10.2. The van der Waals surface area contributed by atoms with Crippen LogP contribution in [0.4, 0.5) is 11.4 Å². The largest absolute Gasteiger partial charge is 0.399 e. The molecule has 8 heteroatoms. The highest BCUT2D eigenvalue weighted by molar-refractivity contribution is 7.89. The van der Waals surface area contributed by atoms with Gasteiger partial charge < -0.3 is 15.5 Å². The fourth-order valence-corrected chi connectivity index (χ4v) is 2.55. The van der Waals surface area contributed by atoms with E-state index in [1.807, 2.05) is 13.8 Å². The normalized spacial score (nSPS) is 11.2. The number of nitrogens with zero attached hydrogens (tertiary/aromatic N) is 2. The Balaban J connectivity index is 3.00. The van der Waals surface area contributed by atoms with Gasteiger partial charge in [0.1, 0.15) is 0 Å². The number of benzene rings is 1. The molecule has 1 aromatic carbocycles. The third kappa shape index (κ3) is 4.61. The van der Waals surface area contributed by atoms with Gasteiger partial charge in [-0.3, -0.25) is 4.79 Å². The van der Waals surface area contributed by atoms with Crippen molar-refractivity contribution in [1.29, 1.82) is 0 Å². The second-order valence-corrected chi connectivity index (χ2v) is 6.29. The van der Waals surface area contributed by atoms with E-state index in [0.717, 1.165) is 0 Å². The Morgan fingerprint density at radius 1 is 1.19 bits per heavy atom.